The molecular formula is C21H25NO. The number of ether oxygens (including phenoxy) is 1. The van der Waals surface area contributed by atoms with Gasteiger partial charge in [0.15, 0.2) is 0 Å². The second-order valence-corrected chi connectivity index (χ2v) is 6.10. The van der Waals surface area contributed by atoms with Gasteiger partial charge in [0, 0.05) is 30.3 Å². The number of rotatable bonds is 5. The summed E-state index contributed by atoms with van der Waals surface area (Å²) in [7, 11) is 1.76. The van der Waals surface area contributed by atoms with Crippen molar-refractivity contribution in [2.24, 2.45) is 0 Å². The van der Waals surface area contributed by atoms with Crippen LogP contribution in [0.2, 0.25) is 0 Å². The minimum absolute atomic E-state index is 0.742. The number of methoxy groups -OCH3 is 1. The lowest BCUT2D eigenvalue weighted by molar-refractivity contribution is 0.188. The fourth-order valence-corrected chi connectivity index (χ4v) is 3.38. The predicted molar refractivity (Wildman–Crippen MR) is 98.1 cm³/mol. The van der Waals surface area contributed by atoms with Crippen molar-refractivity contribution in [3.63, 3.8) is 0 Å². The van der Waals surface area contributed by atoms with E-state index in [1.165, 1.54) is 38.9 Å². The average Bonchev–Trinajstić information content (AvgIpc) is 2.83. The largest absolute Gasteiger partial charge is 0.383 e. The number of benzene rings is 2. The van der Waals surface area contributed by atoms with Crippen LogP contribution >= 0.6 is 0 Å². The zero-order valence-electron chi connectivity index (χ0n) is 14.5. The van der Waals surface area contributed by atoms with Crippen LogP contribution in [-0.2, 0) is 17.7 Å². The number of hydrogen-bond donors (Lipinski definition) is 0. The van der Waals surface area contributed by atoms with Gasteiger partial charge in [-0.05, 0) is 54.7 Å². The van der Waals surface area contributed by atoms with Gasteiger partial charge in [-0.3, -0.25) is 0 Å². The summed E-state index contributed by atoms with van der Waals surface area (Å²) in [5.74, 6) is 0. The van der Waals surface area contributed by atoms with Gasteiger partial charge in [-0.2, -0.15) is 0 Å². The first-order chi connectivity index (χ1) is 11.2. The van der Waals surface area contributed by atoms with Crippen LogP contribution in [0, 0.1) is 13.8 Å². The lowest BCUT2D eigenvalue weighted by Gasteiger charge is -2.12. The molecule has 2 aromatic carbocycles. The van der Waals surface area contributed by atoms with E-state index in [0.29, 0.717) is 0 Å². The maximum Gasteiger partial charge on any atom is 0.0642 e. The van der Waals surface area contributed by atoms with Crippen molar-refractivity contribution in [1.82, 2.24) is 4.57 Å². The van der Waals surface area contributed by atoms with E-state index in [2.05, 4.69) is 67.8 Å². The van der Waals surface area contributed by atoms with Crippen LogP contribution in [0.15, 0.2) is 42.5 Å². The van der Waals surface area contributed by atoms with Gasteiger partial charge in [-0.25, -0.2) is 0 Å². The lowest BCUT2D eigenvalue weighted by Crippen LogP contribution is -2.06. The molecule has 2 nitrogen and oxygen atoms in total. The predicted octanol–water partition coefficient (Wildman–Crippen LogP) is 5.13. The summed E-state index contributed by atoms with van der Waals surface area (Å²) in [5.41, 5.74) is 8.09. The molecule has 0 atom stereocenters. The van der Waals surface area contributed by atoms with Gasteiger partial charge >= 0.3 is 0 Å². The summed E-state index contributed by atoms with van der Waals surface area (Å²) in [6.45, 7) is 8.31. The first-order valence-electron chi connectivity index (χ1n) is 8.34. The molecule has 0 fully saturated rings. The second-order valence-electron chi connectivity index (χ2n) is 6.10. The Morgan fingerprint density at radius 2 is 1.78 bits per heavy atom. The standard InChI is InChI=1S/C21H25NO/c1-5-17-13-21-19(14-20(17)18-9-7-6-8-10-18)15(2)16(3)22(21)11-12-23-4/h6-10,13-14H,5,11-12H2,1-4H3. The van der Waals surface area contributed by atoms with Gasteiger partial charge < -0.3 is 9.30 Å². The van der Waals surface area contributed by atoms with E-state index in [1.54, 1.807) is 7.11 Å². The van der Waals surface area contributed by atoms with Gasteiger partial charge in [0.05, 0.1) is 6.61 Å². The summed E-state index contributed by atoms with van der Waals surface area (Å²) in [5, 5.41) is 1.36. The summed E-state index contributed by atoms with van der Waals surface area (Å²) in [6, 6.07) is 15.4. The quantitative estimate of drug-likeness (QED) is 0.637. The van der Waals surface area contributed by atoms with Crippen molar-refractivity contribution in [2.45, 2.75) is 33.7 Å². The molecule has 0 saturated carbocycles. The Bertz CT molecular complexity index is 815. The van der Waals surface area contributed by atoms with Crippen LogP contribution in [-0.4, -0.2) is 18.3 Å². The van der Waals surface area contributed by atoms with Gasteiger partial charge in [0.25, 0.3) is 0 Å². The van der Waals surface area contributed by atoms with Gasteiger partial charge in [0.2, 0.25) is 0 Å². The SMILES string of the molecule is CCc1cc2c(cc1-c1ccccc1)c(C)c(C)n2CCOC. The van der Waals surface area contributed by atoms with E-state index in [-0.39, 0.29) is 0 Å². The molecule has 0 aliphatic rings. The molecule has 0 unspecified atom stereocenters. The van der Waals surface area contributed by atoms with Crippen LogP contribution < -0.4 is 0 Å². The highest BCUT2D eigenvalue weighted by Crippen LogP contribution is 2.33. The Balaban J connectivity index is 2.24. The number of hydrogen-bond acceptors (Lipinski definition) is 1. The van der Waals surface area contributed by atoms with Gasteiger partial charge in [0.1, 0.15) is 0 Å². The molecule has 3 rings (SSSR count). The van der Waals surface area contributed by atoms with Crippen molar-refractivity contribution in [1.29, 1.82) is 0 Å². The third-order valence-corrected chi connectivity index (χ3v) is 4.85. The Hall–Kier alpha value is -2.06. The minimum Gasteiger partial charge on any atom is -0.383 e. The van der Waals surface area contributed by atoms with Crippen molar-refractivity contribution in [2.75, 3.05) is 13.7 Å². The maximum absolute atomic E-state index is 5.29. The Morgan fingerprint density at radius 1 is 1.04 bits per heavy atom. The van der Waals surface area contributed by atoms with E-state index in [9.17, 15) is 0 Å². The van der Waals surface area contributed by atoms with Crippen molar-refractivity contribution >= 4 is 10.9 Å². The molecular weight excluding hydrogens is 282 g/mol. The minimum atomic E-state index is 0.742. The molecule has 3 aromatic rings. The molecule has 0 saturated heterocycles. The van der Waals surface area contributed by atoms with Crippen LogP contribution in [0.1, 0.15) is 23.7 Å². The fraction of sp³-hybridized carbons (Fsp3) is 0.333. The molecule has 0 bridgehead atoms. The van der Waals surface area contributed by atoms with E-state index in [1.807, 2.05) is 0 Å². The van der Waals surface area contributed by atoms with Gasteiger partial charge in [-0.1, -0.05) is 37.3 Å². The number of aromatic nitrogens is 1. The second kappa shape index (κ2) is 6.59. The summed E-state index contributed by atoms with van der Waals surface area (Å²) in [6.07, 6.45) is 1.04. The molecule has 0 radical (unpaired) electrons. The summed E-state index contributed by atoms with van der Waals surface area (Å²) < 4.78 is 7.68. The van der Waals surface area contributed by atoms with Crippen LogP contribution in [0.25, 0.3) is 22.0 Å². The maximum atomic E-state index is 5.29. The Kier molecular flexibility index (Phi) is 4.53. The van der Waals surface area contributed by atoms with Crippen LogP contribution in [0.3, 0.4) is 0 Å². The zero-order valence-corrected chi connectivity index (χ0v) is 14.5. The monoisotopic (exact) mass is 307 g/mol. The Labute approximate surface area is 138 Å². The first kappa shape index (κ1) is 15.8. The van der Waals surface area contributed by atoms with Crippen molar-refractivity contribution in [3.8, 4) is 11.1 Å². The topological polar surface area (TPSA) is 14.2 Å². The molecule has 120 valence electrons. The zero-order chi connectivity index (χ0) is 16.4. The van der Waals surface area contributed by atoms with Crippen LogP contribution in [0.5, 0.6) is 0 Å². The lowest BCUT2D eigenvalue weighted by atomic mass is 9.95. The molecule has 1 heterocycles. The highest BCUT2D eigenvalue weighted by molar-refractivity contribution is 5.91. The van der Waals surface area contributed by atoms with Crippen molar-refractivity contribution in [3.05, 3.63) is 59.3 Å². The molecule has 23 heavy (non-hydrogen) atoms. The van der Waals surface area contributed by atoms with E-state index >= 15 is 0 Å². The number of nitrogens with zero attached hydrogens (tertiary/aromatic N) is 1. The van der Waals surface area contributed by atoms with Gasteiger partial charge in [-0.15, -0.1) is 0 Å². The third kappa shape index (κ3) is 2.79. The fourth-order valence-electron chi connectivity index (χ4n) is 3.38. The molecule has 0 spiro atoms. The van der Waals surface area contributed by atoms with E-state index in [4.69, 9.17) is 4.74 Å². The smallest absolute Gasteiger partial charge is 0.0642 e. The molecule has 1 aromatic heterocycles. The van der Waals surface area contributed by atoms with Crippen molar-refractivity contribution < 1.29 is 4.74 Å². The molecule has 2 heteroatoms. The normalized spacial score (nSPS) is 11.3. The third-order valence-electron chi connectivity index (χ3n) is 4.85. The molecule has 0 aliphatic heterocycles. The number of fused-ring (bicyclic) bond motifs is 1. The molecule has 0 N–H and O–H groups in total. The van der Waals surface area contributed by atoms with E-state index in [0.717, 1.165) is 19.6 Å². The Morgan fingerprint density at radius 3 is 2.43 bits per heavy atom. The van der Waals surface area contributed by atoms with E-state index < -0.39 is 0 Å². The number of aryl methyl sites for hydroxylation is 2. The molecule has 0 amide bonds. The first-order valence-corrected chi connectivity index (χ1v) is 8.34. The highest BCUT2D eigenvalue weighted by Gasteiger charge is 2.14. The molecule has 0 aliphatic carbocycles. The van der Waals surface area contributed by atoms with Crippen LogP contribution in [0.4, 0.5) is 0 Å². The summed E-state index contributed by atoms with van der Waals surface area (Å²) >= 11 is 0. The summed E-state index contributed by atoms with van der Waals surface area (Å²) in [4.78, 5) is 0. The highest BCUT2D eigenvalue weighted by atomic mass is 16.5. The average molecular weight is 307 g/mol.